The van der Waals surface area contributed by atoms with Crippen LogP contribution < -0.4 is 11.1 Å². The lowest BCUT2D eigenvalue weighted by atomic mass is 9.75. The van der Waals surface area contributed by atoms with Crippen molar-refractivity contribution >= 4 is 22.8 Å². The Labute approximate surface area is 228 Å². The number of carbonyl (C=O) groups is 2. The Morgan fingerprint density at radius 3 is 2.45 bits per heavy atom. The number of amides is 2. The van der Waals surface area contributed by atoms with Crippen molar-refractivity contribution in [1.82, 2.24) is 19.9 Å². The van der Waals surface area contributed by atoms with Gasteiger partial charge in [-0.2, -0.15) is 13.2 Å². The van der Waals surface area contributed by atoms with E-state index < -0.39 is 48.7 Å². The number of carbonyl (C=O) groups excluding carboxylic acids is 2. The molecule has 2 amide bonds. The number of nitrogens with two attached hydrogens (primary N) is 1. The standard InChI is InChI=1S/C28H34F5N5O2/c1-15(2)38-13-9-19(24(38)25(34)40)23(17-6-10-27(29,30)11-7-17)26-36-20-5-4-18(14-21(20)37-26)16(3)35-22(39)8-12-28(31,32)33/h4-5,9,13-17,23H,6-8,10-12H2,1-3H3,(H2,34,40)(H,35,39)(H,36,37)/t16-,23+/m1/s1. The van der Waals surface area contributed by atoms with Crippen LogP contribution in [0.15, 0.2) is 30.5 Å². The first kappa shape index (κ1) is 29.5. The highest BCUT2D eigenvalue weighted by Gasteiger charge is 2.41. The van der Waals surface area contributed by atoms with Crippen LogP contribution in [0.5, 0.6) is 0 Å². The third kappa shape index (κ3) is 6.64. The summed E-state index contributed by atoms with van der Waals surface area (Å²) in [5.74, 6) is -4.26. The molecule has 218 valence electrons. The van der Waals surface area contributed by atoms with Crippen molar-refractivity contribution in [3.05, 3.63) is 53.1 Å². The van der Waals surface area contributed by atoms with Crippen molar-refractivity contribution in [3.63, 3.8) is 0 Å². The molecule has 1 aliphatic rings. The number of halogens is 5. The fraction of sp³-hybridized carbons (Fsp3) is 0.536. The molecule has 0 bridgehead atoms. The van der Waals surface area contributed by atoms with Crippen LogP contribution in [0.1, 0.15) is 105 Å². The van der Waals surface area contributed by atoms with Gasteiger partial charge < -0.3 is 20.6 Å². The molecule has 4 rings (SSSR count). The highest BCUT2D eigenvalue weighted by Crippen LogP contribution is 2.45. The molecule has 7 nitrogen and oxygen atoms in total. The topological polar surface area (TPSA) is 106 Å². The first-order valence-electron chi connectivity index (χ1n) is 13.4. The van der Waals surface area contributed by atoms with Crippen LogP contribution in [-0.4, -0.2) is 38.4 Å². The van der Waals surface area contributed by atoms with E-state index in [4.69, 9.17) is 10.7 Å². The van der Waals surface area contributed by atoms with E-state index >= 15 is 0 Å². The van der Waals surface area contributed by atoms with Gasteiger partial charge in [-0.1, -0.05) is 6.07 Å². The molecule has 4 N–H and O–H groups in total. The molecule has 3 aromatic rings. The van der Waals surface area contributed by atoms with Gasteiger partial charge in [-0.3, -0.25) is 9.59 Å². The molecule has 2 aromatic heterocycles. The van der Waals surface area contributed by atoms with Gasteiger partial charge in [-0.05, 0) is 68.9 Å². The maximum absolute atomic E-state index is 14.1. The largest absolute Gasteiger partial charge is 0.389 e. The normalized spacial score (nSPS) is 17.7. The molecule has 1 saturated carbocycles. The predicted octanol–water partition coefficient (Wildman–Crippen LogP) is 6.52. The molecule has 2 atom stereocenters. The van der Waals surface area contributed by atoms with E-state index in [0.717, 1.165) is 0 Å². The van der Waals surface area contributed by atoms with Crippen LogP contribution in [0.25, 0.3) is 11.0 Å². The van der Waals surface area contributed by atoms with E-state index in [1.807, 2.05) is 13.8 Å². The van der Waals surface area contributed by atoms with E-state index in [9.17, 15) is 31.5 Å². The summed E-state index contributed by atoms with van der Waals surface area (Å²) in [6, 6.07) is 6.38. The van der Waals surface area contributed by atoms with Gasteiger partial charge in [0.05, 0.1) is 23.5 Å². The van der Waals surface area contributed by atoms with Gasteiger partial charge in [0.1, 0.15) is 11.5 Å². The summed E-state index contributed by atoms with van der Waals surface area (Å²) in [6.45, 7) is 5.50. The summed E-state index contributed by atoms with van der Waals surface area (Å²) >= 11 is 0. The van der Waals surface area contributed by atoms with E-state index in [1.165, 1.54) is 0 Å². The van der Waals surface area contributed by atoms with Crippen molar-refractivity contribution in [3.8, 4) is 0 Å². The van der Waals surface area contributed by atoms with Crippen LogP contribution in [0.2, 0.25) is 0 Å². The lowest BCUT2D eigenvalue weighted by Gasteiger charge is -2.33. The van der Waals surface area contributed by atoms with Crippen LogP contribution in [-0.2, 0) is 4.79 Å². The van der Waals surface area contributed by atoms with Crippen molar-refractivity contribution < 1.29 is 31.5 Å². The van der Waals surface area contributed by atoms with Gasteiger partial charge >= 0.3 is 6.18 Å². The fourth-order valence-corrected chi connectivity index (χ4v) is 5.55. The molecule has 0 radical (unpaired) electrons. The van der Waals surface area contributed by atoms with Crippen LogP contribution >= 0.6 is 0 Å². The van der Waals surface area contributed by atoms with Crippen LogP contribution in [0.4, 0.5) is 22.0 Å². The highest BCUT2D eigenvalue weighted by molar-refractivity contribution is 5.93. The monoisotopic (exact) mass is 567 g/mol. The summed E-state index contributed by atoms with van der Waals surface area (Å²) < 4.78 is 67.3. The molecular weight excluding hydrogens is 533 g/mol. The molecule has 12 heteroatoms. The Balaban J connectivity index is 1.68. The van der Waals surface area contributed by atoms with Gasteiger partial charge in [0.15, 0.2) is 0 Å². The van der Waals surface area contributed by atoms with Gasteiger partial charge in [0.2, 0.25) is 11.8 Å². The minimum absolute atomic E-state index is 0.0568. The van der Waals surface area contributed by atoms with Crippen molar-refractivity contribution in [2.45, 2.75) is 89.4 Å². The molecule has 1 aromatic carbocycles. The summed E-state index contributed by atoms with van der Waals surface area (Å²) in [6.07, 6.45) is -4.55. The number of hydrogen-bond acceptors (Lipinski definition) is 3. The number of alkyl halides is 5. The Morgan fingerprint density at radius 1 is 1.18 bits per heavy atom. The quantitative estimate of drug-likeness (QED) is 0.256. The van der Waals surface area contributed by atoms with E-state index in [-0.39, 0.29) is 37.6 Å². The van der Waals surface area contributed by atoms with E-state index in [0.29, 0.717) is 33.7 Å². The van der Waals surface area contributed by atoms with Gasteiger partial charge in [-0.25, -0.2) is 13.8 Å². The van der Waals surface area contributed by atoms with Crippen LogP contribution in [0.3, 0.4) is 0 Å². The van der Waals surface area contributed by atoms with Crippen molar-refractivity contribution in [1.29, 1.82) is 0 Å². The molecule has 0 saturated heterocycles. The lowest BCUT2D eigenvalue weighted by Crippen LogP contribution is -2.30. The molecule has 1 aliphatic carbocycles. The average Bonchev–Trinajstić information content (AvgIpc) is 3.48. The zero-order valence-corrected chi connectivity index (χ0v) is 22.6. The Bertz CT molecular complexity index is 1370. The predicted molar refractivity (Wildman–Crippen MR) is 140 cm³/mol. The Morgan fingerprint density at radius 2 is 1.85 bits per heavy atom. The number of imidazole rings is 1. The number of fused-ring (bicyclic) bond motifs is 1. The van der Waals surface area contributed by atoms with Gasteiger partial charge in [0, 0.05) is 37.4 Å². The molecular formula is C28H34F5N5O2. The summed E-state index contributed by atoms with van der Waals surface area (Å²) in [4.78, 5) is 32.6. The van der Waals surface area contributed by atoms with Crippen molar-refractivity contribution in [2.75, 3.05) is 0 Å². The van der Waals surface area contributed by atoms with E-state index in [1.54, 1.807) is 42.0 Å². The molecule has 1 fully saturated rings. The smallest absolute Gasteiger partial charge is 0.364 e. The third-order valence-corrected chi connectivity index (χ3v) is 7.64. The SMILES string of the molecule is CC(C)n1ccc([C@@H](c2nc3ccc([C@@H](C)NC(=O)CCC(F)(F)F)cc3[nH]2)C2CCC(F)(F)CC2)c1C(N)=O. The molecule has 2 heterocycles. The fourth-order valence-electron chi connectivity index (χ4n) is 5.55. The molecule has 0 aliphatic heterocycles. The summed E-state index contributed by atoms with van der Waals surface area (Å²) in [5, 5.41) is 2.58. The Hall–Kier alpha value is -3.44. The maximum atomic E-state index is 14.1. The first-order chi connectivity index (χ1) is 18.6. The highest BCUT2D eigenvalue weighted by atomic mass is 19.4. The van der Waals surface area contributed by atoms with Crippen LogP contribution in [0, 0.1) is 5.92 Å². The summed E-state index contributed by atoms with van der Waals surface area (Å²) in [5.41, 5.74) is 8.58. The second-order valence-electron chi connectivity index (χ2n) is 11.0. The van der Waals surface area contributed by atoms with Gasteiger partial charge in [-0.15, -0.1) is 0 Å². The molecule has 0 spiro atoms. The minimum atomic E-state index is -4.42. The minimum Gasteiger partial charge on any atom is -0.364 e. The second kappa shape index (κ2) is 11.2. The van der Waals surface area contributed by atoms with E-state index in [2.05, 4.69) is 10.3 Å². The number of benzene rings is 1. The zero-order valence-electron chi connectivity index (χ0n) is 22.6. The third-order valence-electron chi connectivity index (χ3n) is 7.64. The average molecular weight is 568 g/mol. The number of nitrogens with one attached hydrogen (secondary N) is 2. The lowest BCUT2D eigenvalue weighted by molar-refractivity contribution is -0.144. The first-order valence-corrected chi connectivity index (χ1v) is 13.4. The Kier molecular flexibility index (Phi) is 8.28. The number of primary amides is 1. The maximum Gasteiger partial charge on any atom is 0.389 e. The number of hydrogen-bond donors (Lipinski definition) is 3. The summed E-state index contributed by atoms with van der Waals surface area (Å²) in [7, 11) is 0. The number of aromatic amines is 1. The number of rotatable bonds is 9. The molecule has 40 heavy (non-hydrogen) atoms. The number of nitrogens with zero attached hydrogens (tertiary/aromatic N) is 2. The number of H-pyrrole nitrogens is 1. The second-order valence-corrected chi connectivity index (χ2v) is 11.0. The van der Waals surface area contributed by atoms with Gasteiger partial charge in [0.25, 0.3) is 5.91 Å². The number of aromatic nitrogens is 3. The molecule has 0 unspecified atom stereocenters. The zero-order chi connectivity index (χ0) is 29.4. The van der Waals surface area contributed by atoms with Crippen molar-refractivity contribution in [2.24, 2.45) is 11.7 Å².